The third-order valence-corrected chi connectivity index (χ3v) is 5.50. The number of aryl methyl sites for hydroxylation is 1. The van der Waals surface area contributed by atoms with E-state index in [9.17, 15) is 9.90 Å². The lowest BCUT2D eigenvalue weighted by Gasteiger charge is -2.21. The Balaban J connectivity index is 1.84. The smallest absolute Gasteiger partial charge is 0.264 e. The number of benzene rings is 1. The highest BCUT2D eigenvalue weighted by molar-refractivity contribution is 7.20. The molecule has 0 aliphatic heterocycles. The molecule has 2 N–H and O–H groups in total. The minimum absolute atomic E-state index is 0.139. The minimum Gasteiger partial charge on any atom is -0.387 e. The van der Waals surface area contributed by atoms with E-state index in [0.29, 0.717) is 17.2 Å². The van der Waals surface area contributed by atoms with E-state index in [2.05, 4.69) is 21.9 Å². The molecule has 1 unspecified atom stereocenters. The normalized spacial score (nSPS) is 12.0. The van der Waals surface area contributed by atoms with E-state index in [1.165, 1.54) is 17.7 Å². The fourth-order valence-corrected chi connectivity index (χ4v) is 4.02. The number of fused-ring (bicyclic) bond motifs is 1. The molecule has 2 aromatic heterocycles. The predicted octanol–water partition coefficient (Wildman–Crippen LogP) is 3.40. The van der Waals surface area contributed by atoms with Crippen molar-refractivity contribution in [3.63, 3.8) is 0 Å². The van der Waals surface area contributed by atoms with Gasteiger partial charge in [0.15, 0.2) is 0 Å². The fourth-order valence-electron chi connectivity index (χ4n) is 2.87. The van der Waals surface area contributed by atoms with Crippen LogP contribution in [-0.4, -0.2) is 46.0 Å². The lowest BCUT2D eigenvalue weighted by atomic mass is 10.1. The molecule has 0 radical (unpaired) electrons. The standard InChI is InChI=1S/C20H22N4O2S/c1-4-10-21-18-16-13(2)17(27-19(16)23-12-22-18)20(26)24(3)11-15(25)14-8-6-5-7-9-14/h4-9,12,15,25H,1,10-11H2,2-3H3,(H,21,22,23). The van der Waals surface area contributed by atoms with Gasteiger partial charge in [-0.2, -0.15) is 0 Å². The third kappa shape index (κ3) is 3.99. The average Bonchev–Trinajstić information content (AvgIpc) is 3.03. The van der Waals surface area contributed by atoms with Gasteiger partial charge >= 0.3 is 0 Å². The first kappa shape index (κ1) is 19.0. The van der Waals surface area contributed by atoms with Crippen molar-refractivity contribution in [2.45, 2.75) is 13.0 Å². The van der Waals surface area contributed by atoms with Crippen molar-refractivity contribution in [1.82, 2.24) is 14.9 Å². The van der Waals surface area contributed by atoms with Gasteiger partial charge in [-0.3, -0.25) is 4.79 Å². The van der Waals surface area contributed by atoms with Crippen LogP contribution in [0.15, 0.2) is 49.3 Å². The van der Waals surface area contributed by atoms with Gasteiger partial charge in [0, 0.05) is 13.6 Å². The number of carbonyl (C=O) groups is 1. The van der Waals surface area contributed by atoms with Gasteiger partial charge in [0.25, 0.3) is 5.91 Å². The van der Waals surface area contributed by atoms with Gasteiger partial charge in [0.05, 0.1) is 22.9 Å². The summed E-state index contributed by atoms with van der Waals surface area (Å²) in [4.78, 5) is 24.5. The number of likely N-dealkylation sites (N-methyl/N-ethyl adjacent to an activating group) is 1. The van der Waals surface area contributed by atoms with Gasteiger partial charge in [0.1, 0.15) is 17.0 Å². The third-order valence-electron chi connectivity index (χ3n) is 4.31. The van der Waals surface area contributed by atoms with Crippen molar-refractivity contribution in [2.75, 3.05) is 25.5 Å². The Bertz CT molecular complexity index is 955. The Morgan fingerprint density at radius 2 is 2.11 bits per heavy atom. The summed E-state index contributed by atoms with van der Waals surface area (Å²) in [7, 11) is 1.70. The first-order chi connectivity index (χ1) is 13.0. The van der Waals surface area contributed by atoms with Crippen LogP contribution in [0.2, 0.25) is 0 Å². The molecule has 0 aliphatic rings. The molecule has 1 atom stereocenters. The molecule has 0 saturated heterocycles. The Labute approximate surface area is 162 Å². The topological polar surface area (TPSA) is 78.4 Å². The molecule has 2 heterocycles. The number of aliphatic hydroxyl groups is 1. The number of rotatable bonds is 7. The van der Waals surface area contributed by atoms with Crippen LogP contribution in [0.25, 0.3) is 10.2 Å². The maximum absolute atomic E-state index is 13.0. The number of nitrogens with one attached hydrogen (secondary N) is 1. The SMILES string of the molecule is C=CCNc1ncnc2sc(C(=O)N(C)CC(O)c3ccccc3)c(C)c12. The number of carbonyl (C=O) groups excluding carboxylic acids is 1. The maximum Gasteiger partial charge on any atom is 0.264 e. The number of hydrogen-bond donors (Lipinski definition) is 2. The van der Waals surface area contributed by atoms with Crippen LogP contribution in [0.3, 0.4) is 0 Å². The molecule has 0 bridgehead atoms. The van der Waals surface area contributed by atoms with Crippen LogP contribution in [0.1, 0.15) is 26.9 Å². The van der Waals surface area contributed by atoms with E-state index in [1.54, 1.807) is 18.0 Å². The van der Waals surface area contributed by atoms with Crippen molar-refractivity contribution in [3.8, 4) is 0 Å². The zero-order chi connectivity index (χ0) is 19.4. The minimum atomic E-state index is -0.737. The van der Waals surface area contributed by atoms with Crippen LogP contribution in [-0.2, 0) is 0 Å². The average molecular weight is 382 g/mol. The van der Waals surface area contributed by atoms with Crippen molar-refractivity contribution in [3.05, 3.63) is 65.3 Å². The van der Waals surface area contributed by atoms with Gasteiger partial charge in [-0.15, -0.1) is 17.9 Å². The molecule has 140 valence electrons. The number of aromatic nitrogens is 2. The van der Waals surface area contributed by atoms with Gasteiger partial charge in [0.2, 0.25) is 0 Å². The first-order valence-corrected chi connectivity index (χ1v) is 9.42. The lowest BCUT2D eigenvalue weighted by molar-refractivity contribution is 0.0685. The molecule has 1 amide bonds. The van der Waals surface area contributed by atoms with E-state index in [4.69, 9.17) is 0 Å². The Kier molecular flexibility index (Phi) is 5.83. The molecule has 6 nitrogen and oxygen atoms in total. The molecule has 27 heavy (non-hydrogen) atoms. The molecule has 0 saturated carbocycles. The summed E-state index contributed by atoms with van der Waals surface area (Å²) in [5.41, 5.74) is 1.63. The van der Waals surface area contributed by atoms with Crippen LogP contribution < -0.4 is 5.32 Å². The van der Waals surface area contributed by atoms with Crippen LogP contribution >= 0.6 is 11.3 Å². The van der Waals surface area contributed by atoms with Crippen molar-refractivity contribution >= 4 is 33.3 Å². The molecule has 0 aliphatic carbocycles. The molecule has 0 spiro atoms. The molecular formula is C20H22N4O2S. The summed E-state index contributed by atoms with van der Waals surface area (Å²) in [6.45, 7) is 6.39. The summed E-state index contributed by atoms with van der Waals surface area (Å²) >= 11 is 1.34. The second-order valence-corrected chi connectivity index (χ2v) is 7.24. The van der Waals surface area contributed by atoms with Gasteiger partial charge in [-0.25, -0.2) is 9.97 Å². The van der Waals surface area contributed by atoms with Crippen LogP contribution in [0, 0.1) is 6.92 Å². The molecule has 1 aromatic carbocycles. The lowest BCUT2D eigenvalue weighted by Crippen LogP contribution is -2.31. The van der Waals surface area contributed by atoms with E-state index in [-0.39, 0.29) is 12.5 Å². The molecule has 3 rings (SSSR count). The quantitative estimate of drug-likeness (QED) is 0.612. The van der Waals surface area contributed by atoms with Crippen LogP contribution in [0.4, 0.5) is 5.82 Å². The number of hydrogen-bond acceptors (Lipinski definition) is 6. The molecule has 0 fully saturated rings. The highest BCUT2D eigenvalue weighted by atomic mass is 32.1. The molecule has 3 aromatic rings. The largest absolute Gasteiger partial charge is 0.387 e. The second-order valence-electron chi connectivity index (χ2n) is 6.24. The van der Waals surface area contributed by atoms with Gasteiger partial charge in [-0.1, -0.05) is 36.4 Å². The zero-order valence-corrected chi connectivity index (χ0v) is 16.2. The number of thiophene rings is 1. The second kappa shape index (κ2) is 8.28. The van der Waals surface area contributed by atoms with Crippen LogP contribution in [0.5, 0.6) is 0 Å². The summed E-state index contributed by atoms with van der Waals surface area (Å²) in [5, 5.41) is 14.4. The van der Waals surface area contributed by atoms with E-state index < -0.39 is 6.10 Å². The summed E-state index contributed by atoms with van der Waals surface area (Å²) in [6, 6.07) is 9.33. The number of anilines is 1. The Morgan fingerprint density at radius 3 is 2.81 bits per heavy atom. The monoisotopic (exact) mass is 382 g/mol. The molecular weight excluding hydrogens is 360 g/mol. The van der Waals surface area contributed by atoms with E-state index >= 15 is 0 Å². The van der Waals surface area contributed by atoms with Crippen molar-refractivity contribution in [2.24, 2.45) is 0 Å². The zero-order valence-electron chi connectivity index (χ0n) is 15.3. The highest BCUT2D eigenvalue weighted by Gasteiger charge is 2.23. The number of amides is 1. The predicted molar refractivity (Wildman–Crippen MR) is 109 cm³/mol. The van der Waals surface area contributed by atoms with Crippen molar-refractivity contribution < 1.29 is 9.90 Å². The number of aliphatic hydroxyl groups excluding tert-OH is 1. The van der Waals surface area contributed by atoms with E-state index in [0.717, 1.165) is 21.3 Å². The first-order valence-electron chi connectivity index (χ1n) is 8.60. The van der Waals surface area contributed by atoms with Gasteiger partial charge < -0.3 is 15.3 Å². The number of nitrogens with zero attached hydrogens (tertiary/aromatic N) is 3. The summed E-state index contributed by atoms with van der Waals surface area (Å²) in [6.07, 6.45) is 2.50. The maximum atomic E-state index is 13.0. The summed E-state index contributed by atoms with van der Waals surface area (Å²) in [5.74, 6) is 0.555. The highest BCUT2D eigenvalue weighted by Crippen LogP contribution is 2.34. The van der Waals surface area contributed by atoms with Gasteiger partial charge in [-0.05, 0) is 18.1 Å². The van der Waals surface area contributed by atoms with Crippen molar-refractivity contribution in [1.29, 1.82) is 0 Å². The van der Waals surface area contributed by atoms with E-state index in [1.807, 2.05) is 37.3 Å². The Hall–Kier alpha value is -2.77. The summed E-state index contributed by atoms with van der Waals surface area (Å²) < 4.78 is 0. The fraction of sp³-hybridized carbons (Fsp3) is 0.250. The Morgan fingerprint density at radius 1 is 1.37 bits per heavy atom. The molecule has 7 heteroatoms.